The number of rotatable bonds is 3. The summed E-state index contributed by atoms with van der Waals surface area (Å²) in [5, 5.41) is 2.88. The maximum Gasteiger partial charge on any atom is 0.407 e. The summed E-state index contributed by atoms with van der Waals surface area (Å²) in [5.41, 5.74) is 1.17. The summed E-state index contributed by atoms with van der Waals surface area (Å²) >= 11 is 7.29. The van der Waals surface area contributed by atoms with Crippen LogP contribution in [0.25, 0.3) is 0 Å². The van der Waals surface area contributed by atoms with Gasteiger partial charge in [-0.15, -0.1) is 23.4 Å². The van der Waals surface area contributed by atoms with Crippen LogP contribution in [-0.2, 0) is 4.74 Å². The Bertz CT molecular complexity index is 400. The van der Waals surface area contributed by atoms with E-state index in [4.69, 9.17) is 16.3 Å². The fraction of sp³-hybridized carbons (Fsp3) is 0.417. The lowest BCUT2D eigenvalue weighted by atomic mass is 10.0. The Morgan fingerprint density at radius 2 is 2.35 bits per heavy atom. The molecule has 1 aromatic rings. The van der Waals surface area contributed by atoms with E-state index in [1.807, 2.05) is 30.0 Å². The van der Waals surface area contributed by atoms with Gasteiger partial charge in [0.25, 0.3) is 0 Å². The summed E-state index contributed by atoms with van der Waals surface area (Å²) in [6.45, 7) is 0.247. The SMILES string of the molecule is O=C(NC1CCSc2ccccc21)OCCCl. The van der Waals surface area contributed by atoms with E-state index < -0.39 is 6.09 Å². The second-order valence-electron chi connectivity index (χ2n) is 3.70. The minimum absolute atomic E-state index is 0.0512. The van der Waals surface area contributed by atoms with Gasteiger partial charge in [-0.3, -0.25) is 0 Å². The van der Waals surface area contributed by atoms with Crippen molar-refractivity contribution in [1.29, 1.82) is 0 Å². The first-order chi connectivity index (χ1) is 8.31. The van der Waals surface area contributed by atoms with Gasteiger partial charge in [0.1, 0.15) is 6.61 Å². The molecule has 1 unspecified atom stereocenters. The van der Waals surface area contributed by atoms with Crippen molar-refractivity contribution in [3.8, 4) is 0 Å². The zero-order valence-corrected chi connectivity index (χ0v) is 10.9. The van der Waals surface area contributed by atoms with Crippen molar-refractivity contribution in [3.63, 3.8) is 0 Å². The monoisotopic (exact) mass is 271 g/mol. The number of ether oxygens (including phenoxy) is 1. The molecular weight excluding hydrogens is 258 g/mol. The quantitative estimate of drug-likeness (QED) is 0.858. The van der Waals surface area contributed by atoms with Crippen molar-refractivity contribution in [1.82, 2.24) is 5.32 Å². The fourth-order valence-electron chi connectivity index (χ4n) is 1.81. The predicted molar refractivity (Wildman–Crippen MR) is 69.7 cm³/mol. The van der Waals surface area contributed by atoms with E-state index >= 15 is 0 Å². The third-order valence-corrected chi connectivity index (χ3v) is 3.84. The molecule has 1 aliphatic rings. The molecule has 1 amide bonds. The average molecular weight is 272 g/mol. The van der Waals surface area contributed by atoms with E-state index in [0.29, 0.717) is 5.88 Å². The zero-order chi connectivity index (χ0) is 12.1. The zero-order valence-electron chi connectivity index (χ0n) is 9.32. The van der Waals surface area contributed by atoms with Crippen LogP contribution in [-0.4, -0.2) is 24.3 Å². The van der Waals surface area contributed by atoms with Gasteiger partial charge >= 0.3 is 6.09 Å². The highest BCUT2D eigenvalue weighted by molar-refractivity contribution is 7.99. The summed E-state index contributed by atoms with van der Waals surface area (Å²) in [6, 6.07) is 8.19. The first-order valence-electron chi connectivity index (χ1n) is 5.52. The Balaban J connectivity index is 2.01. The highest BCUT2D eigenvalue weighted by atomic mass is 35.5. The highest BCUT2D eigenvalue weighted by Gasteiger charge is 2.22. The van der Waals surface area contributed by atoms with Crippen LogP contribution >= 0.6 is 23.4 Å². The number of halogens is 1. The van der Waals surface area contributed by atoms with Crippen LogP contribution in [0, 0.1) is 0 Å². The van der Waals surface area contributed by atoms with E-state index in [2.05, 4.69) is 11.4 Å². The summed E-state index contributed by atoms with van der Waals surface area (Å²) < 4.78 is 4.92. The number of fused-ring (bicyclic) bond motifs is 1. The van der Waals surface area contributed by atoms with E-state index in [9.17, 15) is 4.79 Å². The normalized spacial score (nSPS) is 18.3. The standard InChI is InChI=1S/C12H14ClNO2S/c13-6-7-16-12(15)14-10-5-8-17-11-4-2-1-3-9(10)11/h1-4,10H,5-8H2,(H,14,15). The lowest BCUT2D eigenvalue weighted by Crippen LogP contribution is -2.31. The predicted octanol–water partition coefficient (Wildman–Crippen LogP) is 3.19. The molecule has 3 nitrogen and oxygen atoms in total. The first kappa shape index (κ1) is 12.6. The van der Waals surface area contributed by atoms with Gasteiger partial charge in [-0.1, -0.05) is 18.2 Å². The summed E-state index contributed by atoms with van der Waals surface area (Å²) in [4.78, 5) is 12.7. The van der Waals surface area contributed by atoms with Gasteiger partial charge in [0.05, 0.1) is 11.9 Å². The van der Waals surface area contributed by atoms with E-state index in [1.54, 1.807) is 0 Å². The molecule has 0 spiro atoms. The number of nitrogens with one attached hydrogen (secondary N) is 1. The molecule has 5 heteroatoms. The molecular formula is C12H14ClNO2S. The maximum atomic E-state index is 11.5. The number of alkyl halides is 1. The number of carbonyl (C=O) groups is 1. The number of hydrogen-bond donors (Lipinski definition) is 1. The van der Waals surface area contributed by atoms with Gasteiger partial charge in [-0.25, -0.2) is 4.79 Å². The third kappa shape index (κ3) is 3.30. The smallest absolute Gasteiger partial charge is 0.407 e. The van der Waals surface area contributed by atoms with Crippen LogP contribution in [0.5, 0.6) is 0 Å². The van der Waals surface area contributed by atoms with Gasteiger partial charge < -0.3 is 10.1 Å². The van der Waals surface area contributed by atoms with Crippen molar-refractivity contribution in [3.05, 3.63) is 29.8 Å². The van der Waals surface area contributed by atoms with Gasteiger partial charge in [-0.2, -0.15) is 0 Å². The van der Waals surface area contributed by atoms with Gasteiger partial charge in [0, 0.05) is 10.6 Å². The van der Waals surface area contributed by atoms with Gasteiger partial charge in [0.15, 0.2) is 0 Å². The average Bonchev–Trinajstić information content (AvgIpc) is 2.37. The summed E-state index contributed by atoms with van der Waals surface area (Å²) in [7, 11) is 0. The second-order valence-corrected chi connectivity index (χ2v) is 5.21. The third-order valence-electron chi connectivity index (χ3n) is 2.56. The fourth-order valence-corrected chi connectivity index (χ4v) is 3.01. The van der Waals surface area contributed by atoms with E-state index in [-0.39, 0.29) is 12.6 Å². The minimum atomic E-state index is -0.391. The molecule has 0 radical (unpaired) electrons. The van der Waals surface area contributed by atoms with Crippen molar-refractivity contribution in [2.75, 3.05) is 18.2 Å². The van der Waals surface area contributed by atoms with Crippen LogP contribution in [0.1, 0.15) is 18.0 Å². The molecule has 0 aromatic heterocycles. The summed E-state index contributed by atoms with van der Waals surface area (Å²) in [5.74, 6) is 1.34. The topological polar surface area (TPSA) is 38.3 Å². The molecule has 1 aromatic carbocycles. The van der Waals surface area contributed by atoms with Crippen molar-refractivity contribution >= 4 is 29.5 Å². The number of amides is 1. The van der Waals surface area contributed by atoms with E-state index in [1.165, 1.54) is 10.5 Å². The first-order valence-corrected chi connectivity index (χ1v) is 7.04. The molecule has 17 heavy (non-hydrogen) atoms. The Morgan fingerprint density at radius 3 is 3.18 bits per heavy atom. The molecule has 2 rings (SSSR count). The number of thioether (sulfide) groups is 1. The second kappa shape index (κ2) is 6.17. The molecule has 1 atom stereocenters. The molecule has 1 heterocycles. The van der Waals surface area contributed by atoms with Gasteiger partial charge in [0.2, 0.25) is 0 Å². The Kier molecular flexibility index (Phi) is 4.57. The lowest BCUT2D eigenvalue weighted by molar-refractivity contribution is 0.148. The maximum absolute atomic E-state index is 11.5. The highest BCUT2D eigenvalue weighted by Crippen LogP contribution is 2.35. The van der Waals surface area contributed by atoms with Crippen molar-refractivity contribution < 1.29 is 9.53 Å². The molecule has 1 N–H and O–H groups in total. The molecule has 0 aliphatic carbocycles. The summed E-state index contributed by atoms with van der Waals surface area (Å²) in [6.07, 6.45) is 0.537. The Labute approximate surface area is 110 Å². The van der Waals surface area contributed by atoms with E-state index in [0.717, 1.165) is 12.2 Å². The molecule has 92 valence electrons. The van der Waals surface area contributed by atoms with Crippen LogP contribution < -0.4 is 5.32 Å². The van der Waals surface area contributed by atoms with Crippen molar-refractivity contribution in [2.45, 2.75) is 17.4 Å². The molecule has 0 fully saturated rings. The van der Waals surface area contributed by atoms with Gasteiger partial charge in [-0.05, 0) is 18.1 Å². The molecule has 1 aliphatic heterocycles. The largest absolute Gasteiger partial charge is 0.448 e. The van der Waals surface area contributed by atoms with Crippen LogP contribution in [0.15, 0.2) is 29.2 Å². The van der Waals surface area contributed by atoms with Crippen molar-refractivity contribution in [2.24, 2.45) is 0 Å². The van der Waals surface area contributed by atoms with Crippen LogP contribution in [0.2, 0.25) is 0 Å². The Hall–Kier alpha value is -0.870. The van der Waals surface area contributed by atoms with Crippen LogP contribution in [0.3, 0.4) is 0 Å². The lowest BCUT2D eigenvalue weighted by Gasteiger charge is -2.25. The molecule has 0 saturated carbocycles. The van der Waals surface area contributed by atoms with Crippen LogP contribution in [0.4, 0.5) is 4.79 Å². The minimum Gasteiger partial charge on any atom is -0.448 e. The molecule has 0 saturated heterocycles. The molecule has 0 bridgehead atoms. The number of carbonyl (C=O) groups excluding carboxylic acids is 1. The Morgan fingerprint density at radius 1 is 1.53 bits per heavy atom. The number of hydrogen-bond acceptors (Lipinski definition) is 3. The number of alkyl carbamates (subject to hydrolysis) is 1. The number of benzene rings is 1.